The van der Waals surface area contributed by atoms with Gasteiger partial charge in [-0.05, 0) is 66.1 Å². The minimum atomic E-state index is 0.194. The fourth-order valence-corrected chi connectivity index (χ4v) is 5.14. The molecule has 4 aromatic rings. The molecule has 0 radical (unpaired) electrons. The van der Waals surface area contributed by atoms with E-state index < -0.39 is 0 Å². The first-order valence-corrected chi connectivity index (χ1v) is 12.1. The Morgan fingerprint density at radius 3 is 2.36 bits per heavy atom. The molecule has 3 nitrogen and oxygen atoms in total. The van der Waals surface area contributed by atoms with Gasteiger partial charge in [0, 0.05) is 30.0 Å². The van der Waals surface area contributed by atoms with Crippen LogP contribution >= 0.6 is 0 Å². The Balaban J connectivity index is 1.62. The molecule has 0 N–H and O–H groups in total. The Morgan fingerprint density at radius 2 is 1.70 bits per heavy atom. The van der Waals surface area contributed by atoms with Crippen molar-refractivity contribution in [1.29, 1.82) is 0 Å². The van der Waals surface area contributed by atoms with Gasteiger partial charge in [0.25, 0.3) is 0 Å². The van der Waals surface area contributed by atoms with Crippen molar-refractivity contribution < 1.29 is 0 Å². The monoisotopic (exact) mass is 435 g/mol. The van der Waals surface area contributed by atoms with Crippen LogP contribution in [0, 0.1) is 0 Å². The van der Waals surface area contributed by atoms with Crippen LogP contribution < -0.4 is 4.90 Å². The highest BCUT2D eigenvalue weighted by atomic mass is 15.3. The van der Waals surface area contributed by atoms with Gasteiger partial charge in [-0.15, -0.1) is 0 Å². The van der Waals surface area contributed by atoms with E-state index >= 15 is 0 Å². The number of nitrogens with zero attached hydrogens (tertiary/aromatic N) is 3. The molecule has 168 valence electrons. The number of aromatic nitrogens is 2. The van der Waals surface area contributed by atoms with Crippen molar-refractivity contribution in [2.45, 2.75) is 58.7 Å². The van der Waals surface area contributed by atoms with E-state index in [1.165, 1.54) is 39.1 Å². The summed E-state index contributed by atoms with van der Waals surface area (Å²) in [7, 11) is 0. The molecule has 0 fully saturated rings. The number of aryl methyl sites for hydroxylation is 1. The Bertz CT molecular complexity index is 1220. The second kappa shape index (κ2) is 8.90. The van der Waals surface area contributed by atoms with Gasteiger partial charge in [-0.2, -0.15) is 5.10 Å². The number of para-hydroxylation sites is 1. The Labute approximate surface area is 197 Å². The van der Waals surface area contributed by atoms with Crippen molar-refractivity contribution in [3.05, 3.63) is 107 Å². The average Bonchev–Trinajstić information content (AvgIpc) is 3.33. The Morgan fingerprint density at radius 1 is 0.939 bits per heavy atom. The SMILES string of the molecule is CCn1cc(-c2ccc3c(c2)CC(C)N(c2ccccc2)[C@H]3c2ccc(C(C)C)cc2)cn1. The lowest BCUT2D eigenvalue weighted by Gasteiger charge is -2.44. The molecular weight excluding hydrogens is 402 g/mol. The molecule has 0 amide bonds. The van der Waals surface area contributed by atoms with Crippen molar-refractivity contribution in [2.24, 2.45) is 0 Å². The highest BCUT2D eigenvalue weighted by molar-refractivity contribution is 5.66. The van der Waals surface area contributed by atoms with Crippen LogP contribution in [0.1, 0.15) is 61.9 Å². The molecule has 3 aromatic carbocycles. The predicted molar refractivity (Wildman–Crippen MR) is 138 cm³/mol. The van der Waals surface area contributed by atoms with Gasteiger partial charge in [0.1, 0.15) is 0 Å². The van der Waals surface area contributed by atoms with Crippen molar-refractivity contribution in [2.75, 3.05) is 4.90 Å². The Hall–Kier alpha value is -3.33. The van der Waals surface area contributed by atoms with Gasteiger partial charge < -0.3 is 4.90 Å². The van der Waals surface area contributed by atoms with Gasteiger partial charge in [-0.1, -0.05) is 74.5 Å². The molecule has 0 bridgehead atoms. The molecule has 1 aromatic heterocycles. The first-order valence-electron chi connectivity index (χ1n) is 12.1. The normalized spacial score (nSPS) is 17.9. The van der Waals surface area contributed by atoms with E-state index in [1.807, 2.05) is 10.9 Å². The number of hydrogen-bond donors (Lipinski definition) is 0. The van der Waals surface area contributed by atoms with Crippen LogP contribution in [0.5, 0.6) is 0 Å². The van der Waals surface area contributed by atoms with E-state index in [4.69, 9.17) is 0 Å². The number of anilines is 1. The molecule has 0 saturated heterocycles. The van der Waals surface area contributed by atoms with Crippen LogP contribution in [0.2, 0.25) is 0 Å². The molecule has 0 saturated carbocycles. The summed E-state index contributed by atoms with van der Waals surface area (Å²) in [5.74, 6) is 0.536. The second-order valence-electron chi connectivity index (χ2n) is 9.52. The summed E-state index contributed by atoms with van der Waals surface area (Å²) in [6.45, 7) is 9.88. The number of fused-ring (bicyclic) bond motifs is 1. The average molecular weight is 436 g/mol. The number of benzene rings is 3. The van der Waals surface area contributed by atoms with E-state index in [2.05, 4.69) is 117 Å². The smallest absolute Gasteiger partial charge is 0.0801 e. The summed E-state index contributed by atoms with van der Waals surface area (Å²) in [6, 6.07) is 27.7. The topological polar surface area (TPSA) is 21.1 Å². The molecule has 3 heteroatoms. The molecule has 5 rings (SSSR count). The highest BCUT2D eigenvalue weighted by Crippen LogP contribution is 2.42. The van der Waals surface area contributed by atoms with E-state index in [0.29, 0.717) is 12.0 Å². The summed E-state index contributed by atoms with van der Waals surface area (Å²) in [4.78, 5) is 2.60. The fourth-order valence-electron chi connectivity index (χ4n) is 5.14. The van der Waals surface area contributed by atoms with Crippen LogP contribution in [0.25, 0.3) is 11.1 Å². The van der Waals surface area contributed by atoms with E-state index in [9.17, 15) is 0 Å². The van der Waals surface area contributed by atoms with Gasteiger partial charge in [0.05, 0.1) is 12.2 Å². The van der Waals surface area contributed by atoms with Gasteiger partial charge in [-0.25, -0.2) is 0 Å². The molecule has 1 unspecified atom stereocenters. The molecule has 1 aliphatic rings. The molecule has 0 aliphatic carbocycles. The van der Waals surface area contributed by atoms with Crippen molar-refractivity contribution >= 4 is 5.69 Å². The second-order valence-corrected chi connectivity index (χ2v) is 9.52. The van der Waals surface area contributed by atoms with Crippen LogP contribution in [0.4, 0.5) is 5.69 Å². The molecule has 0 spiro atoms. The van der Waals surface area contributed by atoms with Crippen molar-refractivity contribution in [3.63, 3.8) is 0 Å². The van der Waals surface area contributed by atoms with Crippen molar-refractivity contribution in [3.8, 4) is 11.1 Å². The maximum atomic E-state index is 4.48. The molecule has 2 heterocycles. The van der Waals surface area contributed by atoms with Crippen LogP contribution in [0.3, 0.4) is 0 Å². The van der Waals surface area contributed by atoms with E-state index in [-0.39, 0.29) is 6.04 Å². The highest BCUT2D eigenvalue weighted by Gasteiger charge is 2.33. The maximum Gasteiger partial charge on any atom is 0.0801 e. The molecule has 2 atom stereocenters. The van der Waals surface area contributed by atoms with E-state index in [1.54, 1.807) is 0 Å². The number of rotatable bonds is 5. The van der Waals surface area contributed by atoms with Crippen molar-refractivity contribution in [1.82, 2.24) is 9.78 Å². The lowest BCUT2D eigenvalue weighted by atomic mass is 9.83. The zero-order valence-corrected chi connectivity index (χ0v) is 20.1. The lowest BCUT2D eigenvalue weighted by Crippen LogP contribution is -2.42. The summed E-state index contributed by atoms with van der Waals surface area (Å²) in [5.41, 5.74) is 9.30. The van der Waals surface area contributed by atoms with E-state index in [0.717, 1.165) is 13.0 Å². The standard InChI is InChI=1S/C30H33N3/c1-5-32-20-27(19-31-32)25-15-16-29-26(18-25)17-22(4)33(28-9-7-6-8-10-28)30(29)24-13-11-23(12-14-24)21(2)3/h6-16,18-22,30H,5,17H2,1-4H3/t22?,30-/m0/s1. The summed E-state index contributed by atoms with van der Waals surface area (Å²) < 4.78 is 1.99. The van der Waals surface area contributed by atoms with Gasteiger partial charge >= 0.3 is 0 Å². The minimum absolute atomic E-state index is 0.194. The zero-order valence-electron chi connectivity index (χ0n) is 20.1. The molecule has 1 aliphatic heterocycles. The van der Waals surface area contributed by atoms with Gasteiger partial charge in [0.2, 0.25) is 0 Å². The maximum absolute atomic E-state index is 4.48. The largest absolute Gasteiger partial charge is 0.357 e. The minimum Gasteiger partial charge on any atom is -0.357 e. The quantitative estimate of drug-likeness (QED) is 0.330. The summed E-state index contributed by atoms with van der Waals surface area (Å²) in [5, 5.41) is 4.48. The predicted octanol–water partition coefficient (Wildman–Crippen LogP) is 7.23. The third-order valence-corrected chi connectivity index (χ3v) is 6.97. The summed E-state index contributed by atoms with van der Waals surface area (Å²) >= 11 is 0. The summed E-state index contributed by atoms with van der Waals surface area (Å²) in [6.07, 6.45) is 5.16. The molecular formula is C30H33N3. The Kier molecular flexibility index (Phi) is 5.80. The third-order valence-electron chi connectivity index (χ3n) is 6.97. The van der Waals surface area contributed by atoms with Crippen LogP contribution in [-0.2, 0) is 13.0 Å². The van der Waals surface area contributed by atoms with Crippen LogP contribution in [0.15, 0.2) is 85.2 Å². The van der Waals surface area contributed by atoms with Gasteiger partial charge in [-0.3, -0.25) is 4.68 Å². The first kappa shape index (κ1) is 21.5. The first-order chi connectivity index (χ1) is 16.0. The van der Waals surface area contributed by atoms with Crippen LogP contribution in [-0.4, -0.2) is 15.8 Å². The fraction of sp³-hybridized carbons (Fsp3) is 0.300. The van der Waals surface area contributed by atoms with Gasteiger partial charge in [0.15, 0.2) is 0 Å². The number of hydrogen-bond acceptors (Lipinski definition) is 2. The molecule has 33 heavy (non-hydrogen) atoms. The lowest BCUT2D eigenvalue weighted by molar-refractivity contribution is 0.545. The zero-order chi connectivity index (χ0) is 22.9. The third kappa shape index (κ3) is 4.08.